The van der Waals surface area contributed by atoms with Crippen LogP contribution in [0, 0.1) is 5.92 Å². The fourth-order valence-corrected chi connectivity index (χ4v) is 4.91. The van der Waals surface area contributed by atoms with Crippen LogP contribution in [-0.4, -0.2) is 42.5 Å². The predicted molar refractivity (Wildman–Crippen MR) is 140 cm³/mol. The fraction of sp³-hybridized carbons (Fsp3) is 0.500. The van der Waals surface area contributed by atoms with Crippen molar-refractivity contribution in [3.8, 4) is 5.75 Å². The van der Waals surface area contributed by atoms with E-state index in [4.69, 9.17) is 4.74 Å². The van der Waals surface area contributed by atoms with E-state index in [1.807, 2.05) is 30.5 Å². The van der Waals surface area contributed by atoms with Gasteiger partial charge >= 0.3 is 0 Å². The highest BCUT2D eigenvalue weighted by Gasteiger charge is 2.20. The van der Waals surface area contributed by atoms with Crippen molar-refractivity contribution in [2.24, 2.45) is 5.92 Å². The molecular weight excluding hydrogens is 468 g/mol. The second-order valence-electron chi connectivity index (χ2n) is 8.40. The van der Waals surface area contributed by atoms with Gasteiger partial charge in [-0.25, -0.2) is 0 Å². The Morgan fingerprint density at radius 1 is 1.09 bits per heavy atom. The van der Waals surface area contributed by atoms with Crippen molar-refractivity contribution in [3.63, 3.8) is 0 Å². The van der Waals surface area contributed by atoms with E-state index in [2.05, 4.69) is 29.0 Å². The summed E-state index contributed by atoms with van der Waals surface area (Å²) in [6.45, 7) is 4.51. The predicted octanol–water partition coefficient (Wildman–Crippen LogP) is 4.84. The van der Waals surface area contributed by atoms with E-state index in [1.54, 1.807) is 35.2 Å². The summed E-state index contributed by atoms with van der Waals surface area (Å²) in [5.41, 5.74) is 1.23. The Morgan fingerprint density at radius 2 is 1.88 bits per heavy atom. The van der Waals surface area contributed by atoms with E-state index in [0.717, 1.165) is 18.6 Å². The van der Waals surface area contributed by atoms with E-state index in [1.165, 1.54) is 5.56 Å². The molecule has 34 heavy (non-hydrogen) atoms. The number of carbonyl (C=O) groups excluding carboxylic acids is 3. The first-order valence-corrected chi connectivity index (χ1v) is 13.9. The van der Waals surface area contributed by atoms with Crippen LogP contribution in [0.3, 0.4) is 0 Å². The zero-order valence-electron chi connectivity index (χ0n) is 20.1. The number of thiophene rings is 1. The number of ether oxygens (including phenoxy) is 1. The van der Waals surface area contributed by atoms with Crippen LogP contribution in [0.15, 0.2) is 47.2 Å². The quantitative estimate of drug-likeness (QED) is 0.322. The molecule has 0 saturated heterocycles. The molecule has 8 heteroatoms. The maximum Gasteiger partial charge on any atom is 0.257 e. The lowest BCUT2D eigenvalue weighted by Gasteiger charge is -2.18. The lowest BCUT2D eigenvalue weighted by molar-refractivity contribution is -0.127. The second kappa shape index (κ2) is 16.3. The molecule has 0 unspecified atom stereocenters. The van der Waals surface area contributed by atoms with Crippen molar-refractivity contribution in [1.29, 1.82) is 0 Å². The maximum atomic E-state index is 12.7. The molecule has 0 saturated carbocycles. The second-order valence-corrected chi connectivity index (χ2v) is 10.2. The standard InChI is InChI=1S/C26H36N2O4S2/c1-3-4-10-23(24(29)19-34-18-21-13-14-33-17-21)28-25(30)12-11-20(2)15-27-26(31)16-32-22-8-6-5-7-9-22/h5-9,13-14,17,20,23H,3-4,10-12,15-16,18-19H2,1-2H3,(H,27,31)(H,28,30)/t20-,23-/m0/s1. The molecule has 1 aromatic heterocycles. The third kappa shape index (κ3) is 11.7. The molecule has 0 radical (unpaired) electrons. The monoisotopic (exact) mass is 504 g/mol. The molecule has 0 aliphatic heterocycles. The Morgan fingerprint density at radius 3 is 2.59 bits per heavy atom. The summed E-state index contributed by atoms with van der Waals surface area (Å²) in [5.74, 6) is 1.78. The van der Waals surface area contributed by atoms with Gasteiger partial charge in [0, 0.05) is 18.7 Å². The number of thioether (sulfide) groups is 1. The number of hydrogen-bond donors (Lipinski definition) is 2. The maximum absolute atomic E-state index is 12.7. The van der Waals surface area contributed by atoms with Crippen LogP contribution in [0.1, 0.15) is 51.5 Å². The Hall–Kier alpha value is -2.32. The first kappa shape index (κ1) is 27.9. The van der Waals surface area contributed by atoms with Crippen LogP contribution in [0.5, 0.6) is 5.75 Å². The summed E-state index contributed by atoms with van der Waals surface area (Å²) in [6, 6.07) is 10.8. The highest BCUT2D eigenvalue weighted by Crippen LogP contribution is 2.16. The van der Waals surface area contributed by atoms with E-state index in [9.17, 15) is 14.4 Å². The minimum absolute atomic E-state index is 0.0388. The Kier molecular flexibility index (Phi) is 13.4. The molecule has 0 fully saturated rings. The first-order valence-electron chi connectivity index (χ1n) is 11.8. The van der Waals surface area contributed by atoms with E-state index >= 15 is 0 Å². The van der Waals surface area contributed by atoms with Gasteiger partial charge in [0.05, 0.1) is 11.8 Å². The summed E-state index contributed by atoms with van der Waals surface area (Å²) in [7, 11) is 0. The Balaban J connectivity index is 1.65. The highest BCUT2D eigenvalue weighted by atomic mass is 32.2. The summed E-state index contributed by atoms with van der Waals surface area (Å²) >= 11 is 3.25. The summed E-state index contributed by atoms with van der Waals surface area (Å²) < 4.78 is 5.44. The number of unbranched alkanes of at least 4 members (excludes halogenated alkanes) is 1. The largest absolute Gasteiger partial charge is 0.484 e. The molecule has 0 bridgehead atoms. The number of amides is 2. The number of hydrogen-bond acceptors (Lipinski definition) is 6. The van der Waals surface area contributed by atoms with Crippen molar-refractivity contribution >= 4 is 40.7 Å². The third-order valence-electron chi connectivity index (χ3n) is 5.29. The molecule has 0 aliphatic carbocycles. The topological polar surface area (TPSA) is 84.5 Å². The lowest BCUT2D eigenvalue weighted by atomic mass is 10.0. The number of rotatable bonds is 17. The van der Waals surface area contributed by atoms with E-state index in [-0.39, 0.29) is 30.1 Å². The van der Waals surface area contributed by atoms with Crippen molar-refractivity contribution in [2.75, 3.05) is 18.9 Å². The van der Waals surface area contributed by atoms with Gasteiger partial charge in [-0.1, -0.05) is 44.9 Å². The van der Waals surface area contributed by atoms with E-state index in [0.29, 0.717) is 37.3 Å². The molecule has 2 aromatic rings. The third-order valence-corrected chi connectivity index (χ3v) is 7.05. The van der Waals surface area contributed by atoms with Gasteiger partial charge in [0.2, 0.25) is 5.91 Å². The van der Waals surface area contributed by atoms with Crippen molar-refractivity contribution in [2.45, 2.75) is 57.7 Å². The van der Waals surface area contributed by atoms with Crippen LogP contribution in [0.25, 0.3) is 0 Å². The zero-order chi connectivity index (χ0) is 24.6. The molecule has 186 valence electrons. The van der Waals surface area contributed by atoms with Gasteiger partial charge in [-0.2, -0.15) is 11.3 Å². The molecule has 2 amide bonds. The molecule has 0 aliphatic rings. The number of Topliss-reactive ketones (excluding diaryl/α,β-unsaturated/α-hetero) is 1. The average Bonchev–Trinajstić information content (AvgIpc) is 3.36. The van der Waals surface area contributed by atoms with Gasteiger partial charge in [-0.05, 0) is 53.3 Å². The van der Waals surface area contributed by atoms with Crippen molar-refractivity contribution in [1.82, 2.24) is 10.6 Å². The zero-order valence-corrected chi connectivity index (χ0v) is 21.7. The Bertz CT molecular complexity index is 859. The molecule has 2 rings (SSSR count). The molecule has 2 atom stereocenters. The van der Waals surface area contributed by atoms with Gasteiger partial charge in [0.1, 0.15) is 5.75 Å². The SMILES string of the molecule is CCCC[C@H](NC(=O)CC[C@H](C)CNC(=O)COc1ccccc1)C(=O)CSCc1ccsc1. The van der Waals surface area contributed by atoms with Crippen LogP contribution in [0.4, 0.5) is 0 Å². The van der Waals surface area contributed by atoms with Crippen LogP contribution in [0.2, 0.25) is 0 Å². The fourth-order valence-electron chi connectivity index (χ4n) is 3.22. The smallest absolute Gasteiger partial charge is 0.257 e. The molecular formula is C26H36N2O4S2. The minimum Gasteiger partial charge on any atom is -0.484 e. The number of para-hydroxylation sites is 1. The summed E-state index contributed by atoms with van der Waals surface area (Å²) in [6.07, 6.45) is 3.52. The summed E-state index contributed by atoms with van der Waals surface area (Å²) in [4.78, 5) is 37.2. The molecule has 1 aromatic carbocycles. The van der Waals surface area contributed by atoms with Crippen molar-refractivity contribution in [3.05, 3.63) is 52.7 Å². The molecule has 1 heterocycles. The van der Waals surface area contributed by atoms with Gasteiger partial charge in [0.25, 0.3) is 5.91 Å². The minimum atomic E-state index is -0.424. The van der Waals surface area contributed by atoms with Gasteiger partial charge < -0.3 is 15.4 Å². The van der Waals surface area contributed by atoms with E-state index < -0.39 is 6.04 Å². The van der Waals surface area contributed by atoms with Crippen molar-refractivity contribution < 1.29 is 19.1 Å². The van der Waals surface area contributed by atoms with Crippen LogP contribution < -0.4 is 15.4 Å². The number of carbonyl (C=O) groups is 3. The number of ketones is 1. The molecule has 2 N–H and O–H groups in total. The average molecular weight is 505 g/mol. The highest BCUT2D eigenvalue weighted by molar-refractivity contribution is 7.99. The van der Waals surface area contributed by atoms with Gasteiger partial charge in [0.15, 0.2) is 12.4 Å². The van der Waals surface area contributed by atoms with Crippen LogP contribution in [-0.2, 0) is 20.1 Å². The van der Waals surface area contributed by atoms with Gasteiger partial charge in [-0.3, -0.25) is 14.4 Å². The summed E-state index contributed by atoms with van der Waals surface area (Å²) in [5, 5.41) is 9.92. The van der Waals surface area contributed by atoms with Crippen LogP contribution >= 0.6 is 23.1 Å². The first-order chi connectivity index (χ1) is 16.5. The Labute approximate surface area is 211 Å². The lowest BCUT2D eigenvalue weighted by Crippen LogP contribution is -2.42. The van der Waals surface area contributed by atoms with Gasteiger partial charge in [-0.15, -0.1) is 11.8 Å². The number of nitrogens with one attached hydrogen (secondary N) is 2. The normalized spacial score (nSPS) is 12.5. The molecule has 6 nitrogen and oxygen atoms in total. The molecule has 0 spiro atoms. The number of benzene rings is 1.